The first-order valence-electron chi connectivity index (χ1n) is 9.74. The van der Waals surface area contributed by atoms with Crippen LogP contribution in [0.3, 0.4) is 0 Å². The highest BCUT2D eigenvalue weighted by Crippen LogP contribution is 2.29. The summed E-state index contributed by atoms with van der Waals surface area (Å²) in [6, 6.07) is 14.7. The third kappa shape index (κ3) is 5.72. The van der Waals surface area contributed by atoms with Gasteiger partial charge in [-0.1, -0.05) is 0 Å². The number of rotatable bonds is 10. The largest absolute Gasteiger partial charge is 0.497 e. The minimum absolute atomic E-state index is 0.0448. The summed E-state index contributed by atoms with van der Waals surface area (Å²) in [6.45, 7) is 0. The number of nitrogens with one attached hydrogen (secondary N) is 2. The first-order chi connectivity index (χ1) is 16.3. The summed E-state index contributed by atoms with van der Waals surface area (Å²) in [5, 5.41) is 15.3. The number of nitro groups is 1. The average molecular weight is 487 g/mol. The van der Waals surface area contributed by atoms with Gasteiger partial charge in [-0.05, 0) is 54.1 Å². The van der Waals surface area contributed by atoms with Crippen LogP contribution in [0.1, 0.15) is 5.56 Å². The molecule has 0 saturated heterocycles. The molecule has 11 nitrogen and oxygen atoms in total. The number of methoxy groups -OCH3 is 3. The molecule has 0 unspecified atom stereocenters. The molecule has 0 atom stereocenters. The topological polar surface area (TPSA) is 141 Å². The Labute approximate surface area is 196 Å². The van der Waals surface area contributed by atoms with E-state index >= 15 is 0 Å². The van der Waals surface area contributed by atoms with Crippen LogP contribution in [0.4, 0.5) is 17.1 Å². The predicted octanol–water partition coefficient (Wildman–Crippen LogP) is 3.87. The summed E-state index contributed by atoms with van der Waals surface area (Å²) in [5.74, 6) is 1.58. The third-order valence-corrected chi connectivity index (χ3v) is 6.04. The SMILES string of the molecule is COc1ccc(NS(=O)(=O)c2cc([N+](=O)[O-])ccc2NN=Cc2ccc(OC)c(OC)c2)cc1. The molecule has 0 aliphatic carbocycles. The number of nitro benzene ring substituents is 1. The molecule has 0 aliphatic rings. The summed E-state index contributed by atoms with van der Waals surface area (Å²) in [4.78, 5) is 10.2. The normalized spacial score (nSPS) is 11.1. The summed E-state index contributed by atoms with van der Waals surface area (Å²) in [7, 11) is 0.305. The Hall–Kier alpha value is -4.32. The third-order valence-electron chi connectivity index (χ3n) is 4.61. The standard InChI is InChI=1S/C22H22N4O7S/c1-31-18-8-5-16(6-9-18)25-34(29,30)22-13-17(26(27)28)7-10-19(22)24-23-14-15-4-11-20(32-2)21(12-15)33-3/h4-14,24-25H,1-3H3. The van der Waals surface area contributed by atoms with Crippen molar-refractivity contribution in [2.24, 2.45) is 5.10 Å². The van der Waals surface area contributed by atoms with Crippen LogP contribution in [-0.2, 0) is 10.0 Å². The number of ether oxygens (including phenoxy) is 3. The average Bonchev–Trinajstić information content (AvgIpc) is 2.84. The Bertz CT molecular complexity index is 1310. The van der Waals surface area contributed by atoms with Gasteiger partial charge in [-0.2, -0.15) is 5.10 Å². The number of benzene rings is 3. The molecule has 0 aliphatic heterocycles. The fraction of sp³-hybridized carbons (Fsp3) is 0.136. The molecule has 0 amide bonds. The second-order valence-corrected chi connectivity index (χ2v) is 8.41. The van der Waals surface area contributed by atoms with Gasteiger partial charge in [0, 0.05) is 17.8 Å². The molecule has 0 fully saturated rings. The lowest BCUT2D eigenvalue weighted by Crippen LogP contribution is -2.15. The molecule has 0 bridgehead atoms. The highest BCUT2D eigenvalue weighted by molar-refractivity contribution is 7.92. The van der Waals surface area contributed by atoms with E-state index in [0.717, 1.165) is 6.07 Å². The van der Waals surface area contributed by atoms with Gasteiger partial charge >= 0.3 is 0 Å². The van der Waals surface area contributed by atoms with Gasteiger partial charge in [0.25, 0.3) is 15.7 Å². The second-order valence-electron chi connectivity index (χ2n) is 6.76. The number of non-ortho nitro benzene ring substituents is 1. The highest BCUT2D eigenvalue weighted by atomic mass is 32.2. The number of nitrogens with zero attached hydrogens (tertiary/aromatic N) is 2. The number of sulfonamides is 1. The van der Waals surface area contributed by atoms with Crippen LogP contribution in [0.25, 0.3) is 0 Å². The van der Waals surface area contributed by atoms with Gasteiger partial charge in [-0.3, -0.25) is 20.3 Å². The maximum Gasteiger partial charge on any atom is 0.270 e. The first kappa shape index (κ1) is 24.3. The maximum atomic E-state index is 13.1. The monoisotopic (exact) mass is 486 g/mol. The van der Waals surface area contributed by atoms with Crippen LogP contribution < -0.4 is 24.4 Å². The van der Waals surface area contributed by atoms with Crippen LogP contribution >= 0.6 is 0 Å². The minimum Gasteiger partial charge on any atom is -0.497 e. The number of anilines is 2. The van der Waals surface area contributed by atoms with E-state index < -0.39 is 14.9 Å². The number of hydrogen-bond acceptors (Lipinski definition) is 9. The Morgan fingerprint density at radius 2 is 1.62 bits per heavy atom. The van der Waals surface area contributed by atoms with E-state index in [-0.39, 0.29) is 22.0 Å². The van der Waals surface area contributed by atoms with E-state index in [1.807, 2.05) is 0 Å². The summed E-state index contributed by atoms with van der Waals surface area (Å²) < 4.78 is 44.0. The van der Waals surface area contributed by atoms with Gasteiger partial charge in [0.15, 0.2) is 11.5 Å². The van der Waals surface area contributed by atoms with Crippen LogP contribution in [0.15, 0.2) is 70.7 Å². The van der Waals surface area contributed by atoms with E-state index in [0.29, 0.717) is 22.8 Å². The Morgan fingerprint density at radius 1 is 0.912 bits per heavy atom. The molecule has 3 aromatic rings. The van der Waals surface area contributed by atoms with Crippen molar-refractivity contribution in [2.45, 2.75) is 4.90 Å². The van der Waals surface area contributed by atoms with E-state index in [9.17, 15) is 18.5 Å². The maximum absolute atomic E-state index is 13.1. The van der Waals surface area contributed by atoms with Crippen molar-refractivity contribution in [1.29, 1.82) is 0 Å². The molecular weight excluding hydrogens is 464 g/mol. The van der Waals surface area contributed by atoms with E-state index in [1.54, 1.807) is 30.3 Å². The summed E-state index contributed by atoms with van der Waals surface area (Å²) in [6.07, 6.45) is 1.44. The quantitative estimate of drug-likeness (QED) is 0.250. The molecule has 12 heteroatoms. The van der Waals surface area contributed by atoms with Crippen LogP contribution in [0.5, 0.6) is 17.2 Å². The van der Waals surface area contributed by atoms with Crippen molar-refractivity contribution < 1.29 is 27.6 Å². The molecular formula is C22H22N4O7S. The number of hydrazone groups is 1. The second kappa shape index (κ2) is 10.5. The molecule has 2 N–H and O–H groups in total. The van der Waals surface area contributed by atoms with Gasteiger partial charge < -0.3 is 14.2 Å². The van der Waals surface area contributed by atoms with Crippen molar-refractivity contribution in [2.75, 3.05) is 31.5 Å². The molecule has 0 aromatic heterocycles. The fourth-order valence-corrected chi connectivity index (χ4v) is 4.15. The van der Waals surface area contributed by atoms with Crippen molar-refractivity contribution in [3.05, 3.63) is 76.3 Å². The molecule has 34 heavy (non-hydrogen) atoms. The van der Waals surface area contributed by atoms with Crippen molar-refractivity contribution in [1.82, 2.24) is 0 Å². The lowest BCUT2D eigenvalue weighted by atomic mass is 10.2. The zero-order valence-electron chi connectivity index (χ0n) is 18.5. The first-order valence-corrected chi connectivity index (χ1v) is 11.2. The highest BCUT2D eigenvalue weighted by Gasteiger charge is 2.22. The number of hydrogen-bond donors (Lipinski definition) is 2. The van der Waals surface area contributed by atoms with Gasteiger partial charge in [0.1, 0.15) is 10.6 Å². The van der Waals surface area contributed by atoms with E-state index in [4.69, 9.17) is 14.2 Å². The lowest BCUT2D eigenvalue weighted by molar-refractivity contribution is -0.385. The molecule has 0 saturated carbocycles. The fourth-order valence-electron chi connectivity index (χ4n) is 2.92. The van der Waals surface area contributed by atoms with E-state index in [2.05, 4.69) is 15.2 Å². The lowest BCUT2D eigenvalue weighted by Gasteiger charge is -2.12. The van der Waals surface area contributed by atoms with Gasteiger partial charge in [-0.15, -0.1) is 0 Å². The molecule has 0 radical (unpaired) electrons. The zero-order chi connectivity index (χ0) is 24.7. The Morgan fingerprint density at radius 3 is 2.24 bits per heavy atom. The van der Waals surface area contributed by atoms with Crippen molar-refractivity contribution >= 4 is 33.3 Å². The molecule has 178 valence electrons. The Balaban J connectivity index is 1.90. The minimum atomic E-state index is -4.20. The van der Waals surface area contributed by atoms with Crippen molar-refractivity contribution in [3.63, 3.8) is 0 Å². The van der Waals surface area contributed by atoms with E-state index in [1.165, 1.54) is 51.8 Å². The van der Waals surface area contributed by atoms with Gasteiger partial charge in [0.05, 0.1) is 38.2 Å². The predicted molar refractivity (Wildman–Crippen MR) is 128 cm³/mol. The molecule has 3 rings (SSSR count). The van der Waals surface area contributed by atoms with Crippen LogP contribution in [-0.4, -0.2) is 40.9 Å². The zero-order valence-corrected chi connectivity index (χ0v) is 19.3. The van der Waals surface area contributed by atoms with Crippen LogP contribution in [0, 0.1) is 10.1 Å². The van der Waals surface area contributed by atoms with Gasteiger partial charge in [-0.25, -0.2) is 8.42 Å². The molecule has 3 aromatic carbocycles. The smallest absolute Gasteiger partial charge is 0.270 e. The summed E-state index contributed by atoms with van der Waals surface area (Å²) >= 11 is 0. The Kier molecular flexibility index (Phi) is 7.53. The van der Waals surface area contributed by atoms with Crippen molar-refractivity contribution in [3.8, 4) is 17.2 Å². The molecule has 0 heterocycles. The summed E-state index contributed by atoms with van der Waals surface area (Å²) in [5.41, 5.74) is 3.20. The molecule has 0 spiro atoms. The van der Waals surface area contributed by atoms with Gasteiger partial charge in [0.2, 0.25) is 0 Å². The van der Waals surface area contributed by atoms with Crippen LogP contribution in [0.2, 0.25) is 0 Å².